The highest BCUT2D eigenvalue weighted by atomic mass is 32.1. The highest BCUT2D eigenvalue weighted by molar-refractivity contribution is 7.80. The molecule has 1 amide bonds. The minimum atomic E-state index is -0.295. The summed E-state index contributed by atoms with van der Waals surface area (Å²) in [5.74, 6) is 0.246. The molecule has 1 aromatic rings. The third kappa shape index (κ3) is 5.54. The molecular formula is C14H20N2O3S. The highest BCUT2D eigenvalue weighted by Gasteiger charge is 2.14. The van der Waals surface area contributed by atoms with Crippen LogP contribution in [0.15, 0.2) is 24.3 Å². The molecule has 0 bridgehead atoms. The Labute approximate surface area is 124 Å². The standard InChI is InChI=1S/C14H20N2O3S/c1-10(2)19-12-7-5-4-6-11(12)13(17)16-14(20)15-8-9-18-3/h4-7,10H,8-9H2,1-3H3,(H2,15,16,17,20). The fourth-order valence-electron chi connectivity index (χ4n) is 1.49. The van der Waals surface area contributed by atoms with Gasteiger partial charge in [0.1, 0.15) is 5.75 Å². The Morgan fingerprint density at radius 1 is 1.35 bits per heavy atom. The van der Waals surface area contributed by atoms with Crippen molar-refractivity contribution in [1.29, 1.82) is 0 Å². The topological polar surface area (TPSA) is 59.6 Å². The predicted octanol–water partition coefficient (Wildman–Crippen LogP) is 1.72. The molecule has 0 saturated heterocycles. The molecule has 2 N–H and O–H groups in total. The number of rotatable bonds is 6. The number of hydrogen-bond donors (Lipinski definition) is 2. The molecular weight excluding hydrogens is 276 g/mol. The van der Waals surface area contributed by atoms with Gasteiger partial charge in [-0.3, -0.25) is 10.1 Å². The van der Waals surface area contributed by atoms with Crippen LogP contribution in [-0.2, 0) is 4.74 Å². The smallest absolute Gasteiger partial charge is 0.261 e. The van der Waals surface area contributed by atoms with Gasteiger partial charge in [-0.25, -0.2) is 0 Å². The van der Waals surface area contributed by atoms with Gasteiger partial charge in [0, 0.05) is 13.7 Å². The summed E-state index contributed by atoms with van der Waals surface area (Å²) in [5, 5.41) is 5.76. The van der Waals surface area contributed by atoms with Crippen LogP contribution < -0.4 is 15.4 Å². The van der Waals surface area contributed by atoms with Crippen LogP contribution in [0, 0.1) is 0 Å². The summed E-state index contributed by atoms with van der Waals surface area (Å²) in [5.41, 5.74) is 0.456. The van der Waals surface area contributed by atoms with Crippen molar-refractivity contribution < 1.29 is 14.3 Å². The zero-order valence-corrected chi connectivity index (χ0v) is 12.8. The van der Waals surface area contributed by atoms with Crippen LogP contribution >= 0.6 is 12.2 Å². The molecule has 110 valence electrons. The Hall–Kier alpha value is -1.66. The first-order valence-electron chi connectivity index (χ1n) is 6.38. The number of thiocarbonyl (C=S) groups is 1. The molecule has 0 unspecified atom stereocenters. The van der Waals surface area contributed by atoms with Gasteiger partial charge < -0.3 is 14.8 Å². The molecule has 0 spiro atoms. The number of ether oxygens (including phenoxy) is 2. The fraction of sp³-hybridized carbons (Fsp3) is 0.429. The lowest BCUT2D eigenvalue weighted by Crippen LogP contribution is -2.40. The lowest BCUT2D eigenvalue weighted by molar-refractivity contribution is 0.0970. The van der Waals surface area contributed by atoms with Crippen molar-refractivity contribution in [2.24, 2.45) is 0 Å². The van der Waals surface area contributed by atoms with E-state index in [1.165, 1.54) is 0 Å². The Morgan fingerprint density at radius 2 is 2.05 bits per heavy atom. The van der Waals surface area contributed by atoms with Gasteiger partial charge in [0.15, 0.2) is 5.11 Å². The normalized spacial score (nSPS) is 10.2. The molecule has 6 heteroatoms. The van der Waals surface area contributed by atoms with Crippen LogP contribution in [0.2, 0.25) is 0 Å². The summed E-state index contributed by atoms with van der Waals surface area (Å²) in [6.45, 7) is 4.88. The minimum absolute atomic E-state index is 0.00395. The van der Waals surface area contributed by atoms with Gasteiger partial charge in [-0.1, -0.05) is 12.1 Å². The molecule has 0 aliphatic heterocycles. The predicted molar refractivity (Wildman–Crippen MR) is 82.1 cm³/mol. The summed E-state index contributed by atoms with van der Waals surface area (Å²) in [6.07, 6.45) is -0.00395. The van der Waals surface area contributed by atoms with E-state index in [1.54, 1.807) is 25.3 Å². The molecule has 0 heterocycles. The molecule has 0 radical (unpaired) electrons. The molecule has 0 aliphatic rings. The van der Waals surface area contributed by atoms with E-state index in [9.17, 15) is 4.79 Å². The highest BCUT2D eigenvalue weighted by Crippen LogP contribution is 2.19. The monoisotopic (exact) mass is 296 g/mol. The van der Waals surface area contributed by atoms with Crippen LogP contribution in [0.3, 0.4) is 0 Å². The Bertz CT molecular complexity index is 463. The molecule has 0 aromatic heterocycles. The van der Waals surface area contributed by atoms with E-state index in [4.69, 9.17) is 21.7 Å². The number of benzene rings is 1. The third-order valence-electron chi connectivity index (χ3n) is 2.31. The summed E-state index contributed by atoms with van der Waals surface area (Å²) in [4.78, 5) is 12.1. The molecule has 20 heavy (non-hydrogen) atoms. The first kappa shape index (κ1) is 16.4. The van der Waals surface area contributed by atoms with Crippen molar-refractivity contribution in [3.63, 3.8) is 0 Å². The maximum Gasteiger partial charge on any atom is 0.261 e. The van der Waals surface area contributed by atoms with Crippen molar-refractivity contribution >= 4 is 23.2 Å². The average Bonchev–Trinajstić information content (AvgIpc) is 2.38. The fourth-order valence-corrected chi connectivity index (χ4v) is 1.69. The second-order valence-electron chi connectivity index (χ2n) is 4.37. The third-order valence-corrected chi connectivity index (χ3v) is 2.56. The van der Waals surface area contributed by atoms with Crippen molar-refractivity contribution in [3.05, 3.63) is 29.8 Å². The summed E-state index contributed by atoms with van der Waals surface area (Å²) in [7, 11) is 1.60. The molecule has 1 aromatic carbocycles. The quantitative estimate of drug-likeness (QED) is 0.618. The summed E-state index contributed by atoms with van der Waals surface area (Å²) < 4.78 is 10.5. The molecule has 0 aliphatic carbocycles. The van der Waals surface area contributed by atoms with Crippen molar-refractivity contribution in [2.45, 2.75) is 20.0 Å². The zero-order valence-electron chi connectivity index (χ0n) is 11.9. The Balaban J connectivity index is 2.65. The van der Waals surface area contributed by atoms with Crippen LogP contribution in [0.4, 0.5) is 0 Å². The van der Waals surface area contributed by atoms with E-state index < -0.39 is 0 Å². The van der Waals surface area contributed by atoms with E-state index in [0.29, 0.717) is 24.5 Å². The molecule has 0 atom stereocenters. The Kier molecular flexibility index (Phi) is 6.97. The number of methoxy groups -OCH3 is 1. The number of amides is 1. The van der Waals surface area contributed by atoms with Crippen LogP contribution in [0.25, 0.3) is 0 Å². The number of nitrogens with one attached hydrogen (secondary N) is 2. The summed E-state index contributed by atoms with van der Waals surface area (Å²) >= 11 is 5.04. The lowest BCUT2D eigenvalue weighted by atomic mass is 10.2. The first-order valence-corrected chi connectivity index (χ1v) is 6.79. The van der Waals surface area contributed by atoms with E-state index in [-0.39, 0.29) is 17.1 Å². The second kappa shape index (κ2) is 8.50. The minimum Gasteiger partial charge on any atom is -0.490 e. The molecule has 1 rings (SSSR count). The maximum absolute atomic E-state index is 12.1. The van der Waals surface area contributed by atoms with Gasteiger partial charge in [0.25, 0.3) is 5.91 Å². The van der Waals surface area contributed by atoms with Crippen LogP contribution in [-0.4, -0.2) is 37.4 Å². The number of carbonyl (C=O) groups excluding carboxylic acids is 1. The van der Waals surface area contributed by atoms with Crippen molar-refractivity contribution in [3.8, 4) is 5.75 Å². The zero-order chi connectivity index (χ0) is 15.0. The molecule has 0 fully saturated rings. The van der Waals surface area contributed by atoms with E-state index in [0.717, 1.165) is 0 Å². The van der Waals surface area contributed by atoms with Gasteiger partial charge in [0.2, 0.25) is 0 Å². The van der Waals surface area contributed by atoms with Gasteiger partial charge in [-0.15, -0.1) is 0 Å². The first-order chi connectivity index (χ1) is 9.54. The number of hydrogen-bond acceptors (Lipinski definition) is 4. The largest absolute Gasteiger partial charge is 0.490 e. The van der Waals surface area contributed by atoms with Gasteiger partial charge in [-0.2, -0.15) is 0 Å². The van der Waals surface area contributed by atoms with Crippen LogP contribution in [0.1, 0.15) is 24.2 Å². The van der Waals surface area contributed by atoms with E-state index in [2.05, 4.69) is 10.6 Å². The average molecular weight is 296 g/mol. The van der Waals surface area contributed by atoms with E-state index in [1.807, 2.05) is 19.9 Å². The number of para-hydroxylation sites is 1. The van der Waals surface area contributed by atoms with Crippen molar-refractivity contribution in [1.82, 2.24) is 10.6 Å². The molecule has 0 saturated carbocycles. The van der Waals surface area contributed by atoms with Crippen molar-refractivity contribution in [2.75, 3.05) is 20.3 Å². The van der Waals surface area contributed by atoms with Gasteiger partial charge in [0.05, 0.1) is 18.3 Å². The van der Waals surface area contributed by atoms with Crippen LogP contribution in [0.5, 0.6) is 5.75 Å². The lowest BCUT2D eigenvalue weighted by Gasteiger charge is -2.14. The van der Waals surface area contributed by atoms with E-state index >= 15 is 0 Å². The van der Waals surface area contributed by atoms with Gasteiger partial charge in [-0.05, 0) is 38.2 Å². The van der Waals surface area contributed by atoms with Gasteiger partial charge >= 0.3 is 0 Å². The molecule has 5 nitrogen and oxygen atoms in total. The summed E-state index contributed by atoms with van der Waals surface area (Å²) in [6, 6.07) is 7.06. The maximum atomic E-state index is 12.1. The SMILES string of the molecule is COCCNC(=S)NC(=O)c1ccccc1OC(C)C. The number of carbonyl (C=O) groups is 1. The second-order valence-corrected chi connectivity index (χ2v) is 4.77. The Morgan fingerprint density at radius 3 is 2.70 bits per heavy atom.